The van der Waals surface area contributed by atoms with E-state index in [1.165, 1.54) is 10.4 Å². The Morgan fingerprint density at radius 1 is 1.23 bits per heavy atom. The first-order valence-corrected chi connectivity index (χ1v) is 9.55. The number of nitro groups is 1. The highest BCUT2D eigenvalue weighted by atomic mass is 32.2. The van der Waals surface area contributed by atoms with Crippen molar-refractivity contribution >= 4 is 21.8 Å². The lowest BCUT2D eigenvalue weighted by Crippen LogP contribution is -2.40. The van der Waals surface area contributed by atoms with Crippen molar-refractivity contribution in [3.05, 3.63) is 63.4 Å². The fourth-order valence-corrected chi connectivity index (χ4v) is 4.09. The summed E-state index contributed by atoms with van der Waals surface area (Å²) in [5.41, 5.74) is 2.13. The van der Waals surface area contributed by atoms with E-state index in [0.717, 1.165) is 17.2 Å². The van der Waals surface area contributed by atoms with Crippen LogP contribution in [0.25, 0.3) is 0 Å². The SMILES string of the molecule is O=C(NCCS(=O)(=O)N1CCc2ccccc2C1)c1ccc([N+](=O)[O-])o1. The maximum Gasteiger partial charge on any atom is 0.433 e. The first-order chi connectivity index (χ1) is 12.4. The summed E-state index contributed by atoms with van der Waals surface area (Å²) in [4.78, 5) is 21.7. The molecular weight excluding hydrogens is 362 g/mol. The first-order valence-electron chi connectivity index (χ1n) is 7.94. The highest BCUT2D eigenvalue weighted by Gasteiger charge is 2.26. The van der Waals surface area contributed by atoms with Crippen molar-refractivity contribution in [2.45, 2.75) is 13.0 Å². The van der Waals surface area contributed by atoms with E-state index in [2.05, 4.69) is 5.32 Å². The van der Waals surface area contributed by atoms with Gasteiger partial charge in [0.25, 0.3) is 5.91 Å². The lowest BCUT2D eigenvalue weighted by Gasteiger charge is -2.28. The molecule has 1 amide bonds. The molecule has 0 radical (unpaired) electrons. The fourth-order valence-electron chi connectivity index (χ4n) is 2.76. The van der Waals surface area contributed by atoms with Crippen molar-refractivity contribution in [3.63, 3.8) is 0 Å². The minimum Gasteiger partial charge on any atom is -0.395 e. The van der Waals surface area contributed by atoms with Crippen LogP contribution in [0.1, 0.15) is 21.7 Å². The molecule has 1 N–H and O–H groups in total. The van der Waals surface area contributed by atoms with Gasteiger partial charge in [-0.2, -0.15) is 4.31 Å². The van der Waals surface area contributed by atoms with Crippen LogP contribution < -0.4 is 5.32 Å². The predicted molar refractivity (Wildman–Crippen MR) is 92.0 cm³/mol. The largest absolute Gasteiger partial charge is 0.433 e. The van der Waals surface area contributed by atoms with Gasteiger partial charge in [0.05, 0.1) is 11.8 Å². The molecule has 0 atom stereocenters. The van der Waals surface area contributed by atoms with Crippen molar-refractivity contribution < 1.29 is 22.6 Å². The summed E-state index contributed by atoms with van der Waals surface area (Å²) in [5, 5.41) is 12.9. The molecule has 0 saturated heterocycles. The highest BCUT2D eigenvalue weighted by molar-refractivity contribution is 7.89. The molecule has 2 heterocycles. The van der Waals surface area contributed by atoms with Crippen LogP contribution in [-0.4, -0.2) is 42.4 Å². The minimum atomic E-state index is -3.53. The minimum absolute atomic E-state index is 0.117. The molecule has 0 aliphatic carbocycles. The van der Waals surface area contributed by atoms with Gasteiger partial charge in [0, 0.05) is 19.6 Å². The smallest absolute Gasteiger partial charge is 0.395 e. The molecule has 0 fully saturated rings. The highest BCUT2D eigenvalue weighted by Crippen LogP contribution is 2.21. The second kappa shape index (κ2) is 7.26. The maximum absolute atomic E-state index is 12.5. The molecule has 9 nitrogen and oxygen atoms in total. The molecule has 1 aromatic heterocycles. The molecule has 10 heteroatoms. The number of fused-ring (bicyclic) bond motifs is 1. The van der Waals surface area contributed by atoms with Gasteiger partial charge < -0.3 is 9.73 Å². The van der Waals surface area contributed by atoms with Crippen molar-refractivity contribution in [3.8, 4) is 0 Å². The van der Waals surface area contributed by atoms with Gasteiger partial charge in [-0.25, -0.2) is 8.42 Å². The molecule has 1 aliphatic heterocycles. The lowest BCUT2D eigenvalue weighted by atomic mass is 10.0. The Morgan fingerprint density at radius 2 is 1.96 bits per heavy atom. The fraction of sp³-hybridized carbons (Fsp3) is 0.312. The quantitative estimate of drug-likeness (QED) is 0.596. The van der Waals surface area contributed by atoms with E-state index in [1.54, 1.807) is 0 Å². The van der Waals surface area contributed by atoms with Crippen LogP contribution >= 0.6 is 0 Å². The third-order valence-electron chi connectivity index (χ3n) is 4.13. The number of rotatable bonds is 6. The van der Waals surface area contributed by atoms with Crippen LogP contribution in [0.15, 0.2) is 40.8 Å². The van der Waals surface area contributed by atoms with Gasteiger partial charge in [-0.05, 0) is 23.6 Å². The molecule has 1 aromatic carbocycles. The van der Waals surface area contributed by atoms with Crippen LogP contribution in [0.5, 0.6) is 0 Å². The maximum atomic E-state index is 12.5. The zero-order chi connectivity index (χ0) is 18.7. The Labute approximate surface area is 149 Å². The van der Waals surface area contributed by atoms with E-state index in [-0.39, 0.29) is 18.1 Å². The second-order valence-corrected chi connectivity index (χ2v) is 7.91. The monoisotopic (exact) mass is 379 g/mol. The van der Waals surface area contributed by atoms with Gasteiger partial charge in [0.15, 0.2) is 5.76 Å². The van der Waals surface area contributed by atoms with Gasteiger partial charge in [0.2, 0.25) is 10.0 Å². The molecule has 0 saturated carbocycles. The van der Waals surface area contributed by atoms with Crippen LogP contribution in [0.2, 0.25) is 0 Å². The summed E-state index contributed by atoms with van der Waals surface area (Å²) in [6, 6.07) is 9.93. The number of benzene rings is 1. The number of hydrogen-bond donors (Lipinski definition) is 1. The molecule has 0 unspecified atom stereocenters. The summed E-state index contributed by atoms with van der Waals surface area (Å²) in [6.07, 6.45) is 0.651. The van der Waals surface area contributed by atoms with E-state index in [1.807, 2.05) is 24.3 Å². The van der Waals surface area contributed by atoms with Crippen LogP contribution in [0, 0.1) is 10.1 Å². The Bertz CT molecular complexity index is 937. The first kappa shape index (κ1) is 18.1. The van der Waals surface area contributed by atoms with Gasteiger partial charge >= 0.3 is 5.88 Å². The van der Waals surface area contributed by atoms with Gasteiger partial charge in [-0.15, -0.1) is 0 Å². The van der Waals surface area contributed by atoms with Gasteiger partial charge in [-0.3, -0.25) is 14.9 Å². The Morgan fingerprint density at radius 3 is 2.65 bits per heavy atom. The van der Waals surface area contributed by atoms with Gasteiger partial charge in [-0.1, -0.05) is 24.3 Å². The average Bonchev–Trinajstić information content (AvgIpc) is 3.11. The third-order valence-corrected chi connectivity index (χ3v) is 5.95. The summed E-state index contributed by atoms with van der Waals surface area (Å²) in [5.74, 6) is -1.74. The average molecular weight is 379 g/mol. The topological polar surface area (TPSA) is 123 Å². The Hall–Kier alpha value is -2.72. The molecule has 2 aromatic rings. The molecular formula is C16H17N3O6S. The number of carbonyl (C=O) groups excluding carboxylic acids is 1. The van der Waals surface area contributed by atoms with E-state index >= 15 is 0 Å². The normalized spacial score (nSPS) is 14.6. The Balaban J connectivity index is 1.55. The van der Waals surface area contributed by atoms with Crippen molar-refractivity contribution in [2.24, 2.45) is 0 Å². The number of furan rings is 1. The van der Waals surface area contributed by atoms with E-state index in [9.17, 15) is 23.3 Å². The number of carbonyl (C=O) groups is 1. The molecule has 26 heavy (non-hydrogen) atoms. The van der Waals surface area contributed by atoms with Crippen LogP contribution in [0.4, 0.5) is 5.88 Å². The number of hydrogen-bond acceptors (Lipinski definition) is 6. The molecule has 0 spiro atoms. The third kappa shape index (κ3) is 3.92. The van der Waals surface area contributed by atoms with Crippen molar-refractivity contribution in [1.82, 2.24) is 9.62 Å². The van der Waals surface area contributed by atoms with E-state index < -0.39 is 26.7 Å². The number of nitrogens with zero attached hydrogens (tertiary/aromatic N) is 2. The van der Waals surface area contributed by atoms with Crippen molar-refractivity contribution in [1.29, 1.82) is 0 Å². The number of amides is 1. The zero-order valence-corrected chi connectivity index (χ0v) is 14.6. The summed E-state index contributed by atoms with van der Waals surface area (Å²) >= 11 is 0. The zero-order valence-electron chi connectivity index (χ0n) is 13.8. The summed E-state index contributed by atoms with van der Waals surface area (Å²) in [6.45, 7) is 0.600. The second-order valence-electron chi connectivity index (χ2n) is 5.82. The summed E-state index contributed by atoms with van der Waals surface area (Å²) in [7, 11) is -3.53. The number of sulfonamides is 1. The molecule has 0 bridgehead atoms. The van der Waals surface area contributed by atoms with Crippen LogP contribution in [0.3, 0.4) is 0 Å². The predicted octanol–water partition coefficient (Wildman–Crippen LogP) is 1.31. The van der Waals surface area contributed by atoms with Crippen LogP contribution in [-0.2, 0) is 23.0 Å². The molecule has 3 rings (SSSR count). The van der Waals surface area contributed by atoms with E-state index in [4.69, 9.17) is 4.42 Å². The van der Waals surface area contributed by atoms with Gasteiger partial charge in [0.1, 0.15) is 4.92 Å². The Kier molecular flexibility index (Phi) is 5.05. The van der Waals surface area contributed by atoms with Crippen molar-refractivity contribution in [2.75, 3.05) is 18.8 Å². The summed E-state index contributed by atoms with van der Waals surface area (Å²) < 4.78 is 31.1. The number of nitrogens with one attached hydrogen (secondary N) is 1. The van der Waals surface area contributed by atoms with E-state index in [0.29, 0.717) is 19.5 Å². The molecule has 1 aliphatic rings. The lowest BCUT2D eigenvalue weighted by molar-refractivity contribution is -0.402. The molecule has 138 valence electrons. The standard InChI is InChI=1S/C16H17N3O6S/c20-16(14-5-6-15(25-14)19(21)22)17-8-10-26(23,24)18-9-7-12-3-1-2-4-13(12)11-18/h1-6H,7-11H2,(H,17,20).